The van der Waals surface area contributed by atoms with E-state index in [9.17, 15) is 4.79 Å². The Labute approximate surface area is 162 Å². The second-order valence-electron chi connectivity index (χ2n) is 8.31. The zero-order valence-corrected chi connectivity index (χ0v) is 16.8. The molecule has 1 saturated heterocycles. The molecule has 0 unspecified atom stereocenters. The molecule has 1 aliphatic rings. The summed E-state index contributed by atoms with van der Waals surface area (Å²) in [6.07, 6.45) is -0.207. The topological polar surface area (TPSA) is 32.8 Å². The van der Waals surface area contributed by atoms with Crippen LogP contribution in [-0.4, -0.2) is 47.2 Å². The highest BCUT2D eigenvalue weighted by Gasteiger charge is 2.29. The standard InChI is InChI=1S/C23H30N2O2/c1-18-16-25(22(26)27-23(2,3)4)15-14-24(18)17-19-10-12-21(13-11-19)20-8-6-5-7-9-20/h5-13,18H,14-17H2,1-4H3/t18-/m0/s1. The molecule has 3 rings (SSSR count). The molecular weight excluding hydrogens is 336 g/mol. The third-order valence-electron chi connectivity index (χ3n) is 4.86. The van der Waals surface area contributed by atoms with E-state index in [1.165, 1.54) is 16.7 Å². The third-order valence-corrected chi connectivity index (χ3v) is 4.86. The Morgan fingerprint density at radius 2 is 1.63 bits per heavy atom. The molecule has 0 saturated carbocycles. The van der Waals surface area contributed by atoms with Crippen LogP contribution < -0.4 is 0 Å². The van der Waals surface area contributed by atoms with Crippen molar-refractivity contribution in [1.82, 2.24) is 9.80 Å². The number of nitrogens with zero attached hydrogens (tertiary/aromatic N) is 2. The van der Waals surface area contributed by atoms with E-state index >= 15 is 0 Å². The SMILES string of the molecule is C[C@H]1CN(C(=O)OC(C)(C)C)CCN1Cc1ccc(-c2ccccc2)cc1. The van der Waals surface area contributed by atoms with Crippen molar-refractivity contribution in [3.05, 3.63) is 60.2 Å². The normalized spacial score (nSPS) is 18.4. The van der Waals surface area contributed by atoms with Crippen molar-refractivity contribution in [2.45, 2.75) is 45.9 Å². The lowest BCUT2D eigenvalue weighted by Gasteiger charge is -2.40. The molecule has 1 heterocycles. The Balaban J connectivity index is 1.57. The second kappa shape index (κ2) is 8.13. The Hall–Kier alpha value is -2.33. The fourth-order valence-electron chi connectivity index (χ4n) is 3.39. The Morgan fingerprint density at radius 3 is 2.22 bits per heavy atom. The molecule has 1 atom stereocenters. The maximum Gasteiger partial charge on any atom is 0.410 e. The van der Waals surface area contributed by atoms with E-state index in [0.29, 0.717) is 19.1 Å². The zero-order valence-electron chi connectivity index (χ0n) is 16.8. The molecule has 144 valence electrons. The predicted molar refractivity (Wildman–Crippen MR) is 110 cm³/mol. The number of piperazine rings is 1. The highest BCUT2D eigenvalue weighted by Crippen LogP contribution is 2.21. The second-order valence-corrected chi connectivity index (χ2v) is 8.31. The average molecular weight is 367 g/mol. The van der Waals surface area contributed by atoms with E-state index in [2.05, 4.69) is 60.4 Å². The summed E-state index contributed by atoms with van der Waals surface area (Å²) in [6.45, 7) is 11.1. The first-order valence-electron chi connectivity index (χ1n) is 9.68. The van der Waals surface area contributed by atoms with Crippen LogP contribution in [0.4, 0.5) is 4.79 Å². The van der Waals surface area contributed by atoms with E-state index in [1.54, 1.807) is 0 Å². The zero-order chi connectivity index (χ0) is 19.4. The summed E-state index contributed by atoms with van der Waals surface area (Å²) in [6, 6.07) is 19.5. The van der Waals surface area contributed by atoms with Crippen LogP contribution in [0.1, 0.15) is 33.3 Å². The molecule has 4 nitrogen and oxygen atoms in total. The number of amides is 1. The van der Waals surface area contributed by atoms with E-state index < -0.39 is 5.60 Å². The smallest absolute Gasteiger partial charge is 0.410 e. The van der Waals surface area contributed by atoms with Crippen molar-refractivity contribution >= 4 is 6.09 Å². The average Bonchev–Trinajstić information content (AvgIpc) is 2.63. The molecule has 1 amide bonds. The molecule has 2 aromatic carbocycles. The van der Waals surface area contributed by atoms with Gasteiger partial charge in [-0.05, 0) is 44.4 Å². The van der Waals surface area contributed by atoms with E-state index in [4.69, 9.17) is 4.74 Å². The Bertz CT molecular complexity index is 750. The van der Waals surface area contributed by atoms with Crippen LogP contribution in [0.5, 0.6) is 0 Å². The molecule has 0 spiro atoms. The quantitative estimate of drug-likeness (QED) is 0.783. The number of ether oxygens (including phenoxy) is 1. The van der Waals surface area contributed by atoms with Gasteiger partial charge in [0, 0.05) is 32.2 Å². The lowest BCUT2D eigenvalue weighted by Crippen LogP contribution is -2.54. The van der Waals surface area contributed by atoms with E-state index in [-0.39, 0.29) is 6.09 Å². The molecule has 4 heteroatoms. The minimum atomic E-state index is -0.446. The number of carbonyl (C=O) groups is 1. The van der Waals surface area contributed by atoms with Gasteiger partial charge in [-0.3, -0.25) is 4.90 Å². The van der Waals surface area contributed by atoms with Crippen LogP contribution in [-0.2, 0) is 11.3 Å². The lowest BCUT2D eigenvalue weighted by molar-refractivity contribution is 0.00461. The van der Waals surface area contributed by atoms with E-state index in [1.807, 2.05) is 31.7 Å². The van der Waals surface area contributed by atoms with Crippen molar-refractivity contribution < 1.29 is 9.53 Å². The maximum atomic E-state index is 12.3. The molecule has 2 aromatic rings. The number of hydrogen-bond acceptors (Lipinski definition) is 3. The largest absolute Gasteiger partial charge is 0.444 e. The van der Waals surface area contributed by atoms with Gasteiger partial charge in [0.25, 0.3) is 0 Å². The summed E-state index contributed by atoms with van der Waals surface area (Å²) >= 11 is 0. The summed E-state index contributed by atoms with van der Waals surface area (Å²) in [5, 5.41) is 0. The van der Waals surface area contributed by atoms with Crippen LogP contribution in [0.15, 0.2) is 54.6 Å². The number of hydrogen-bond donors (Lipinski definition) is 0. The third kappa shape index (κ3) is 5.33. The predicted octanol–water partition coefficient (Wildman–Crippen LogP) is 4.79. The van der Waals surface area contributed by atoms with Gasteiger partial charge >= 0.3 is 6.09 Å². The van der Waals surface area contributed by atoms with Crippen molar-refractivity contribution in [3.63, 3.8) is 0 Å². The van der Waals surface area contributed by atoms with Gasteiger partial charge in [-0.1, -0.05) is 54.6 Å². The summed E-state index contributed by atoms with van der Waals surface area (Å²) in [4.78, 5) is 16.5. The molecule has 0 N–H and O–H groups in total. The number of carbonyl (C=O) groups excluding carboxylic acids is 1. The first-order valence-corrected chi connectivity index (χ1v) is 9.68. The molecular formula is C23H30N2O2. The summed E-state index contributed by atoms with van der Waals surface area (Å²) in [7, 11) is 0. The van der Waals surface area contributed by atoms with Gasteiger partial charge in [0.1, 0.15) is 5.60 Å². The number of rotatable bonds is 3. The van der Waals surface area contributed by atoms with Crippen molar-refractivity contribution in [2.75, 3.05) is 19.6 Å². The fraction of sp³-hybridized carbons (Fsp3) is 0.435. The molecule has 0 radical (unpaired) electrons. The maximum absolute atomic E-state index is 12.3. The highest BCUT2D eigenvalue weighted by atomic mass is 16.6. The van der Waals surface area contributed by atoms with Gasteiger partial charge in [0.15, 0.2) is 0 Å². The molecule has 27 heavy (non-hydrogen) atoms. The van der Waals surface area contributed by atoms with Crippen molar-refractivity contribution in [3.8, 4) is 11.1 Å². The number of benzene rings is 2. The van der Waals surface area contributed by atoms with Crippen LogP contribution in [0.2, 0.25) is 0 Å². The minimum absolute atomic E-state index is 0.207. The molecule has 0 aliphatic carbocycles. The monoisotopic (exact) mass is 366 g/mol. The first-order chi connectivity index (χ1) is 12.8. The fourth-order valence-corrected chi connectivity index (χ4v) is 3.39. The molecule has 0 aromatic heterocycles. The molecule has 1 aliphatic heterocycles. The summed E-state index contributed by atoms with van der Waals surface area (Å²) in [5.41, 5.74) is 3.33. The summed E-state index contributed by atoms with van der Waals surface area (Å²) in [5.74, 6) is 0. The molecule has 1 fully saturated rings. The van der Waals surface area contributed by atoms with Gasteiger partial charge in [0.2, 0.25) is 0 Å². The van der Waals surface area contributed by atoms with Gasteiger partial charge in [-0.15, -0.1) is 0 Å². The Morgan fingerprint density at radius 1 is 1.00 bits per heavy atom. The van der Waals surface area contributed by atoms with Crippen LogP contribution in [0, 0.1) is 0 Å². The highest BCUT2D eigenvalue weighted by molar-refractivity contribution is 5.68. The van der Waals surface area contributed by atoms with Crippen LogP contribution in [0.3, 0.4) is 0 Å². The van der Waals surface area contributed by atoms with Gasteiger partial charge < -0.3 is 9.64 Å². The molecule has 0 bridgehead atoms. The van der Waals surface area contributed by atoms with Gasteiger partial charge in [0.05, 0.1) is 0 Å². The van der Waals surface area contributed by atoms with Gasteiger partial charge in [-0.25, -0.2) is 4.79 Å². The Kier molecular flexibility index (Phi) is 5.85. The minimum Gasteiger partial charge on any atom is -0.444 e. The van der Waals surface area contributed by atoms with Gasteiger partial charge in [-0.2, -0.15) is 0 Å². The van der Waals surface area contributed by atoms with Crippen LogP contribution >= 0.6 is 0 Å². The lowest BCUT2D eigenvalue weighted by atomic mass is 10.0. The van der Waals surface area contributed by atoms with E-state index in [0.717, 1.165) is 13.1 Å². The van der Waals surface area contributed by atoms with Crippen LogP contribution in [0.25, 0.3) is 11.1 Å². The summed E-state index contributed by atoms with van der Waals surface area (Å²) < 4.78 is 5.50. The van der Waals surface area contributed by atoms with Crippen molar-refractivity contribution in [2.24, 2.45) is 0 Å². The van der Waals surface area contributed by atoms with Crippen molar-refractivity contribution in [1.29, 1.82) is 0 Å². The first kappa shape index (κ1) is 19.4.